The van der Waals surface area contributed by atoms with Crippen molar-refractivity contribution in [2.24, 2.45) is 0 Å². The van der Waals surface area contributed by atoms with Crippen LogP contribution < -0.4 is 5.32 Å². The van der Waals surface area contributed by atoms with E-state index in [4.69, 9.17) is 6.42 Å². The number of nitrogens with zero attached hydrogens (tertiary/aromatic N) is 4. The van der Waals surface area contributed by atoms with E-state index in [0.717, 1.165) is 11.1 Å². The number of fused-ring (bicyclic) bond motifs is 1. The van der Waals surface area contributed by atoms with Gasteiger partial charge in [-0.2, -0.15) is 5.01 Å². The Bertz CT molecular complexity index is 1050. The van der Waals surface area contributed by atoms with Crippen molar-refractivity contribution in [3.63, 3.8) is 0 Å². The zero-order valence-electron chi connectivity index (χ0n) is 18.6. The molecule has 8 heteroatoms. The number of benzene rings is 2. The number of piperazine rings is 1. The Morgan fingerprint density at radius 3 is 2.33 bits per heavy atom. The summed E-state index contributed by atoms with van der Waals surface area (Å²) in [6.45, 7) is 2.69. The van der Waals surface area contributed by atoms with Gasteiger partial charge in [-0.15, -0.1) is 6.42 Å². The molecule has 2 saturated heterocycles. The second kappa shape index (κ2) is 9.76. The summed E-state index contributed by atoms with van der Waals surface area (Å²) in [6, 6.07) is 18.2. The number of hydrogen-bond donors (Lipinski definition) is 1. The average molecular weight is 446 g/mol. The van der Waals surface area contributed by atoms with E-state index >= 15 is 0 Å². The molecule has 2 heterocycles. The molecule has 4 rings (SSSR count). The van der Waals surface area contributed by atoms with Crippen molar-refractivity contribution >= 4 is 17.8 Å². The maximum absolute atomic E-state index is 13.3. The van der Waals surface area contributed by atoms with Crippen molar-refractivity contribution in [3.05, 3.63) is 71.8 Å². The van der Waals surface area contributed by atoms with Crippen LogP contribution in [0.5, 0.6) is 0 Å². The molecule has 1 N–H and O–H groups in total. The summed E-state index contributed by atoms with van der Waals surface area (Å²) >= 11 is 0. The predicted molar refractivity (Wildman–Crippen MR) is 123 cm³/mol. The minimum Gasteiger partial charge on any atom is -0.333 e. The Labute approximate surface area is 193 Å². The van der Waals surface area contributed by atoms with Gasteiger partial charge in [0.2, 0.25) is 11.8 Å². The Morgan fingerprint density at radius 1 is 1.06 bits per heavy atom. The molecule has 0 spiro atoms. The van der Waals surface area contributed by atoms with Gasteiger partial charge in [0.25, 0.3) is 0 Å². The maximum Gasteiger partial charge on any atom is 0.334 e. The number of nitrogens with one attached hydrogen (secondary N) is 1. The lowest BCUT2D eigenvalue weighted by Crippen LogP contribution is -2.75. The van der Waals surface area contributed by atoms with Crippen LogP contribution in [-0.2, 0) is 22.7 Å². The largest absolute Gasteiger partial charge is 0.334 e. The van der Waals surface area contributed by atoms with Crippen LogP contribution in [0.15, 0.2) is 60.7 Å². The van der Waals surface area contributed by atoms with Gasteiger partial charge in [-0.1, -0.05) is 66.6 Å². The van der Waals surface area contributed by atoms with Gasteiger partial charge in [0, 0.05) is 13.1 Å². The molecule has 2 aromatic carbocycles. The highest BCUT2D eigenvalue weighted by atomic mass is 16.2. The minimum atomic E-state index is -0.683. The number of amides is 4. The fraction of sp³-hybridized carbons (Fsp3) is 0.320. The van der Waals surface area contributed by atoms with Gasteiger partial charge in [-0.25, -0.2) is 9.80 Å². The molecule has 170 valence electrons. The van der Waals surface area contributed by atoms with Gasteiger partial charge in [-0.3, -0.25) is 9.59 Å². The molecule has 0 aliphatic carbocycles. The number of terminal acetylenes is 1. The summed E-state index contributed by atoms with van der Waals surface area (Å²) in [5.74, 6) is 2.18. The average Bonchev–Trinajstić information content (AvgIpc) is 2.82. The standard InChI is InChI=1S/C25H27N5O3/c1-3-14-28-18-23(31)29-19(2)24(32)27(16-21-12-8-5-9-13-21)17-22(29)30(28)25(33)26-15-20-10-6-4-7-11-20/h1,4-13,19,22H,14-18H2,2H3,(H,26,33)/t19-,22-/m0/s1. The highest BCUT2D eigenvalue weighted by Crippen LogP contribution is 2.27. The van der Waals surface area contributed by atoms with Gasteiger partial charge in [-0.05, 0) is 18.1 Å². The van der Waals surface area contributed by atoms with Crippen molar-refractivity contribution in [2.45, 2.75) is 32.2 Å². The molecule has 2 atom stereocenters. The zero-order valence-corrected chi connectivity index (χ0v) is 18.6. The lowest BCUT2D eigenvalue weighted by atomic mass is 10.1. The first-order valence-corrected chi connectivity index (χ1v) is 10.9. The number of hydrazine groups is 1. The molecule has 4 amide bonds. The molecular formula is C25H27N5O3. The molecule has 0 bridgehead atoms. The predicted octanol–water partition coefficient (Wildman–Crippen LogP) is 1.65. The monoisotopic (exact) mass is 445 g/mol. The highest BCUT2D eigenvalue weighted by molar-refractivity contribution is 5.91. The molecule has 2 aliphatic heterocycles. The van der Waals surface area contributed by atoms with Crippen LogP contribution in [-0.4, -0.2) is 69.5 Å². The molecule has 33 heavy (non-hydrogen) atoms. The van der Waals surface area contributed by atoms with Gasteiger partial charge in [0.05, 0.1) is 19.6 Å². The van der Waals surface area contributed by atoms with Crippen LogP contribution in [0.1, 0.15) is 18.1 Å². The zero-order chi connectivity index (χ0) is 23.4. The maximum atomic E-state index is 13.3. The number of carbonyl (C=O) groups excluding carboxylic acids is 3. The van der Waals surface area contributed by atoms with Crippen molar-refractivity contribution in [1.29, 1.82) is 0 Å². The number of urea groups is 1. The summed E-state index contributed by atoms with van der Waals surface area (Å²) in [5.41, 5.74) is 1.94. The van der Waals surface area contributed by atoms with Crippen LogP contribution in [0.4, 0.5) is 4.79 Å². The third-order valence-electron chi connectivity index (χ3n) is 5.97. The van der Waals surface area contributed by atoms with Crippen LogP contribution in [0, 0.1) is 12.3 Å². The molecule has 0 radical (unpaired) electrons. The first-order valence-electron chi connectivity index (χ1n) is 10.9. The topological polar surface area (TPSA) is 76.2 Å². The number of hydrogen-bond acceptors (Lipinski definition) is 4. The van der Waals surface area contributed by atoms with E-state index in [1.807, 2.05) is 60.7 Å². The molecule has 2 fully saturated rings. The highest BCUT2D eigenvalue weighted by Gasteiger charge is 2.49. The second-order valence-electron chi connectivity index (χ2n) is 8.18. The molecule has 2 aromatic rings. The van der Waals surface area contributed by atoms with E-state index in [-0.39, 0.29) is 37.5 Å². The van der Waals surface area contributed by atoms with E-state index in [1.54, 1.807) is 16.8 Å². The molecule has 2 aliphatic rings. The third kappa shape index (κ3) is 4.69. The SMILES string of the molecule is C#CCN1CC(=O)N2[C@@H](C)C(=O)N(Cc3ccccc3)C[C@@H]2N1C(=O)NCc1ccccc1. The second-order valence-corrected chi connectivity index (χ2v) is 8.18. The molecule has 0 unspecified atom stereocenters. The molecule has 8 nitrogen and oxygen atoms in total. The normalized spacial score (nSPS) is 20.9. The molecule has 0 saturated carbocycles. The van der Waals surface area contributed by atoms with E-state index in [2.05, 4.69) is 11.2 Å². The van der Waals surface area contributed by atoms with E-state index < -0.39 is 12.2 Å². The van der Waals surface area contributed by atoms with E-state index in [0.29, 0.717) is 13.1 Å². The number of rotatable bonds is 5. The lowest BCUT2D eigenvalue weighted by Gasteiger charge is -2.54. The third-order valence-corrected chi connectivity index (χ3v) is 5.97. The first-order chi connectivity index (χ1) is 16.0. The van der Waals surface area contributed by atoms with Crippen molar-refractivity contribution in [2.75, 3.05) is 19.6 Å². The first kappa shape index (κ1) is 22.4. The van der Waals surface area contributed by atoms with Gasteiger partial charge in [0.1, 0.15) is 12.2 Å². The van der Waals surface area contributed by atoms with Crippen LogP contribution in [0.25, 0.3) is 0 Å². The van der Waals surface area contributed by atoms with Gasteiger partial charge in [0.15, 0.2) is 0 Å². The van der Waals surface area contributed by atoms with Gasteiger partial charge >= 0.3 is 6.03 Å². The summed E-state index contributed by atoms with van der Waals surface area (Å²) in [7, 11) is 0. The Hall–Kier alpha value is -3.83. The fourth-order valence-electron chi connectivity index (χ4n) is 4.40. The Kier molecular flexibility index (Phi) is 6.61. The quantitative estimate of drug-likeness (QED) is 0.710. The van der Waals surface area contributed by atoms with Gasteiger partial charge < -0.3 is 15.1 Å². The minimum absolute atomic E-state index is 0.0598. The van der Waals surface area contributed by atoms with E-state index in [9.17, 15) is 14.4 Å². The summed E-state index contributed by atoms with van der Waals surface area (Å²) in [5, 5.41) is 6.01. The van der Waals surface area contributed by atoms with Crippen LogP contribution >= 0.6 is 0 Å². The lowest BCUT2D eigenvalue weighted by molar-refractivity contribution is -0.188. The van der Waals surface area contributed by atoms with Crippen LogP contribution in [0.3, 0.4) is 0 Å². The Morgan fingerprint density at radius 2 is 1.70 bits per heavy atom. The van der Waals surface area contributed by atoms with Crippen LogP contribution in [0.2, 0.25) is 0 Å². The number of carbonyl (C=O) groups is 3. The van der Waals surface area contributed by atoms with E-state index in [1.165, 1.54) is 9.91 Å². The van der Waals surface area contributed by atoms with Crippen molar-refractivity contribution in [3.8, 4) is 12.3 Å². The smallest absolute Gasteiger partial charge is 0.333 e. The molecular weight excluding hydrogens is 418 g/mol. The fourth-order valence-corrected chi connectivity index (χ4v) is 4.40. The Balaban J connectivity index is 1.59. The van der Waals surface area contributed by atoms with Crippen molar-refractivity contribution in [1.82, 2.24) is 25.1 Å². The summed E-state index contributed by atoms with van der Waals surface area (Å²) in [6.07, 6.45) is 4.89. The summed E-state index contributed by atoms with van der Waals surface area (Å²) in [4.78, 5) is 42.6. The van der Waals surface area contributed by atoms with Crippen molar-refractivity contribution < 1.29 is 14.4 Å². The molecule has 0 aromatic heterocycles. The summed E-state index contributed by atoms with van der Waals surface area (Å²) < 4.78 is 0.